The molecule has 3 rings (SSSR count). The maximum atomic E-state index is 6.25. The van der Waals surface area contributed by atoms with Gasteiger partial charge in [0, 0.05) is 18.8 Å². The zero-order chi connectivity index (χ0) is 13.4. The molecule has 0 aliphatic heterocycles. The van der Waals surface area contributed by atoms with Crippen LogP contribution in [0.3, 0.4) is 0 Å². The van der Waals surface area contributed by atoms with Crippen LogP contribution in [0.15, 0.2) is 48.5 Å². The van der Waals surface area contributed by atoms with Crippen LogP contribution in [0.1, 0.15) is 35.2 Å². The first-order valence-electron chi connectivity index (χ1n) is 6.80. The van der Waals surface area contributed by atoms with Gasteiger partial charge >= 0.3 is 0 Å². The van der Waals surface area contributed by atoms with Gasteiger partial charge in [0.05, 0.1) is 6.04 Å². The second-order valence-electron chi connectivity index (χ2n) is 5.43. The van der Waals surface area contributed by atoms with E-state index in [-0.39, 0.29) is 6.04 Å². The van der Waals surface area contributed by atoms with Gasteiger partial charge in [-0.05, 0) is 36.6 Å². The first-order chi connectivity index (χ1) is 9.16. The minimum Gasteiger partial charge on any atom is -0.367 e. The summed E-state index contributed by atoms with van der Waals surface area (Å²) in [6, 6.07) is 17.8. The van der Waals surface area contributed by atoms with E-state index in [0.717, 1.165) is 6.42 Å². The van der Waals surface area contributed by atoms with Crippen molar-refractivity contribution in [1.82, 2.24) is 0 Å². The van der Waals surface area contributed by atoms with E-state index in [0.29, 0.717) is 6.04 Å². The zero-order valence-corrected chi connectivity index (χ0v) is 11.5. The predicted molar refractivity (Wildman–Crippen MR) is 80.3 cm³/mol. The third-order valence-corrected chi connectivity index (χ3v) is 4.14. The van der Waals surface area contributed by atoms with Crippen LogP contribution in [0.2, 0.25) is 0 Å². The van der Waals surface area contributed by atoms with Gasteiger partial charge in [0.15, 0.2) is 0 Å². The molecule has 1 aliphatic rings. The third kappa shape index (κ3) is 2.13. The van der Waals surface area contributed by atoms with Gasteiger partial charge in [0.1, 0.15) is 0 Å². The van der Waals surface area contributed by atoms with Crippen LogP contribution in [-0.4, -0.2) is 7.05 Å². The van der Waals surface area contributed by atoms with Gasteiger partial charge in [-0.2, -0.15) is 0 Å². The van der Waals surface area contributed by atoms with Crippen LogP contribution in [0.4, 0.5) is 5.69 Å². The molecule has 2 N–H and O–H groups in total. The number of anilines is 1. The van der Waals surface area contributed by atoms with Crippen LogP contribution in [0, 0.1) is 6.92 Å². The molecule has 2 atom stereocenters. The molecular formula is C17H20N2. The Morgan fingerprint density at radius 2 is 1.63 bits per heavy atom. The number of nitrogens with two attached hydrogens (primary N) is 1. The molecule has 1 aliphatic carbocycles. The minimum atomic E-state index is 0.161. The first kappa shape index (κ1) is 12.2. The second kappa shape index (κ2) is 4.71. The molecule has 0 saturated carbocycles. The normalized spacial score (nSPS) is 21.2. The lowest BCUT2D eigenvalue weighted by atomic mass is 10.1. The highest BCUT2D eigenvalue weighted by Gasteiger charge is 2.30. The third-order valence-electron chi connectivity index (χ3n) is 4.14. The monoisotopic (exact) mass is 252 g/mol. The summed E-state index contributed by atoms with van der Waals surface area (Å²) in [7, 11) is 2.16. The number of rotatable bonds is 2. The van der Waals surface area contributed by atoms with Gasteiger partial charge in [-0.1, -0.05) is 42.0 Å². The van der Waals surface area contributed by atoms with Crippen LogP contribution in [0.5, 0.6) is 0 Å². The molecular weight excluding hydrogens is 232 g/mol. The van der Waals surface area contributed by atoms with E-state index in [9.17, 15) is 0 Å². The number of benzene rings is 2. The molecule has 0 fully saturated rings. The van der Waals surface area contributed by atoms with Crippen molar-refractivity contribution in [1.29, 1.82) is 0 Å². The summed E-state index contributed by atoms with van der Waals surface area (Å²) in [6.07, 6.45) is 0.990. The molecule has 0 spiro atoms. The number of hydrogen-bond donors (Lipinski definition) is 1. The average Bonchev–Trinajstić information content (AvgIpc) is 2.77. The maximum absolute atomic E-state index is 6.25. The molecule has 2 nitrogen and oxygen atoms in total. The molecule has 0 bridgehead atoms. The molecule has 2 aromatic rings. The lowest BCUT2D eigenvalue weighted by Crippen LogP contribution is -2.22. The summed E-state index contributed by atoms with van der Waals surface area (Å²) in [4.78, 5) is 2.34. The summed E-state index contributed by atoms with van der Waals surface area (Å²) < 4.78 is 0. The highest BCUT2D eigenvalue weighted by molar-refractivity contribution is 5.52. The summed E-state index contributed by atoms with van der Waals surface area (Å²) in [6.45, 7) is 2.12. The Morgan fingerprint density at radius 1 is 1.00 bits per heavy atom. The Bertz CT molecular complexity index is 574. The highest BCUT2D eigenvalue weighted by atomic mass is 15.1. The lowest BCUT2D eigenvalue weighted by Gasteiger charge is -2.27. The fourth-order valence-electron chi connectivity index (χ4n) is 2.97. The summed E-state index contributed by atoms with van der Waals surface area (Å²) >= 11 is 0. The fourth-order valence-corrected chi connectivity index (χ4v) is 2.97. The van der Waals surface area contributed by atoms with Gasteiger partial charge < -0.3 is 10.6 Å². The van der Waals surface area contributed by atoms with Gasteiger partial charge in [0.2, 0.25) is 0 Å². The van der Waals surface area contributed by atoms with Gasteiger partial charge in [-0.25, -0.2) is 0 Å². The van der Waals surface area contributed by atoms with E-state index in [4.69, 9.17) is 5.73 Å². The van der Waals surface area contributed by atoms with E-state index in [2.05, 4.69) is 67.4 Å². The summed E-state index contributed by atoms with van der Waals surface area (Å²) in [5, 5.41) is 0. The summed E-state index contributed by atoms with van der Waals surface area (Å²) in [5.41, 5.74) is 11.5. The lowest BCUT2D eigenvalue weighted by molar-refractivity contribution is 0.594. The molecule has 19 heavy (non-hydrogen) atoms. The number of nitrogens with zero attached hydrogens (tertiary/aromatic N) is 1. The standard InChI is InChI=1S/C17H20N2/c1-12-7-9-13(10-8-12)19(2)17-11-16(18)14-5-3-4-6-15(14)17/h3-10,16-17H,11,18H2,1-2H3. The van der Waals surface area contributed by atoms with Crippen LogP contribution in [-0.2, 0) is 0 Å². The Balaban J connectivity index is 1.93. The van der Waals surface area contributed by atoms with E-state index in [1.165, 1.54) is 22.4 Å². The largest absolute Gasteiger partial charge is 0.367 e. The molecule has 2 aromatic carbocycles. The molecule has 0 saturated heterocycles. The van der Waals surface area contributed by atoms with E-state index < -0.39 is 0 Å². The number of hydrogen-bond acceptors (Lipinski definition) is 2. The van der Waals surface area contributed by atoms with Crippen LogP contribution < -0.4 is 10.6 Å². The van der Waals surface area contributed by atoms with Crippen molar-refractivity contribution in [3.63, 3.8) is 0 Å². The van der Waals surface area contributed by atoms with Crippen molar-refractivity contribution in [2.45, 2.75) is 25.4 Å². The fraction of sp³-hybridized carbons (Fsp3) is 0.294. The number of aryl methyl sites for hydroxylation is 1. The Morgan fingerprint density at radius 3 is 2.32 bits per heavy atom. The topological polar surface area (TPSA) is 29.3 Å². The van der Waals surface area contributed by atoms with Gasteiger partial charge in [-0.3, -0.25) is 0 Å². The van der Waals surface area contributed by atoms with Gasteiger partial charge in [-0.15, -0.1) is 0 Å². The van der Waals surface area contributed by atoms with Crippen molar-refractivity contribution in [3.8, 4) is 0 Å². The zero-order valence-electron chi connectivity index (χ0n) is 11.5. The van der Waals surface area contributed by atoms with Crippen molar-refractivity contribution in [3.05, 3.63) is 65.2 Å². The Hall–Kier alpha value is -1.80. The smallest absolute Gasteiger partial charge is 0.0560 e. The highest BCUT2D eigenvalue weighted by Crippen LogP contribution is 2.41. The van der Waals surface area contributed by atoms with E-state index in [1.807, 2.05) is 0 Å². The Kier molecular flexibility index (Phi) is 3.03. The molecule has 0 aromatic heterocycles. The minimum absolute atomic E-state index is 0.161. The van der Waals surface area contributed by atoms with Gasteiger partial charge in [0.25, 0.3) is 0 Å². The molecule has 98 valence electrons. The quantitative estimate of drug-likeness (QED) is 0.885. The Labute approximate surface area is 114 Å². The van der Waals surface area contributed by atoms with E-state index in [1.54, 1.807) is 0 Å². The van der Waals surface area contributed by atoms with Crippen molar-refractivity contribution >= 4 is 5.69 Å². The molecule has 0 heterocycles. The first-order valence-corrected chi connectivity index (χ1v) is 6.80. The molecule has 0 radical (unpaired) electrons. The molecule has 2 heteroatoms. The van der Waals surface area contributed by atoms with Crippen LogP contribution in [0.25, 0.3) is 0 Å². The second-order valence-corrected chi connectivity index (χ2v) is 5.43. The summed E-state index contributed by atoms with van der Waals surface area (Å²) in [5.74, 6) is 0. The predicted octanol–water partition coefficient (Wildman–Crippen LogP) is 3.58. The molecule has 0 amide bonds. The van der Waals surface area contributed by atoms with Crippen molar-refractivity contribution < 1.29 is 0 Å². The van der Waals surface area contributed by atoms with E-state index >= 15 is 0 Å². The maximum Gasteiger partial charge on any atom is 0.0560 e. The average molecular weight is 252 g/mol. The molecule has 2 unspecified atom stereocenters. The van der Waals surface area contributed by atoms with Crippen molar-refractivity contribution in [2.75, 3.05) is 11.9 Å². The number of fused-ring (bicyclic) bond motifs is 1. The van der Waals surface area contributed by atoms with Crippen molar-refractivity contribution in [2.24, 2.45) is 5.73 Å². The van der Waals surface area contributed by atoms with Crippen LogP contribution >= 0.6 is 0 Å². The SMILES string of the molecule is Cc1ccc(N(C)C2CC(N)c3ccccc32)cc1.